The molecule has 2 N–H and O–H groups in total. The number of likely N-dealkylation sites (N-methyl/N-ethyl adjacent to an activating group) is 1. The van der Waals surface area contributed by atoms with Crippen LogP contribution in [0.4, 0.5) is 4.79 Å². The minimum atomic E-state index is -1.21. The maximum Gasteiger partial charge on any atom is 0.407 e. The molecule has 2 atom stereocenters. The SMILES string of the molecule is CN(C(=O)[C@@H]1OCC[C@@H]1NC(=O)OCC1c2ccccc2-c2ccccc21)C1(C(=O)O)CCCC1. The summed E-state index contributed by atoms with van der Waals surface area (Å²) in [6, 6.07) is 15.6. The fourth-order valence-corrected chi connectivity index (χ4v) is 5.83. The van der Waals surface area contributed by atoms with E-state index in [0.717, 1.165) is 35.1 Å². The standard InChI is InChI=1S/C27H30N2O6/c1-29(27(25(31)32)13-6-7-14-27)24(30)23-22(12-15-34-23)28-26(33)35-16-21-19-10-4-2-8-17(19)18-9-3-5-11-20(18)21/h2-5,8-11,21-23H,6-7,12-16H2,1H3,(H,28,33)(H,31,32)/t22-,23+/m0/s1. The van der Waals surface area contributed by atoms with Crippen LogP contribution in [0.3, 0.4) is 0 Å². The monoisotopic (exact) mass is 478 g/mol. The second-order valence-electron chi connectivity index (χ2n) is 9.60. The molecule has 0 radical (unpaired) electrons. The smallest absolute Gasteiger partial charge is 0.407 e. The molecule has 0 bridgehead atoms. The number of amides is 2. The summed E-state index contributed by atoms with van der Waals surface area (Å²) in [7, 11) is 1.52. The normalized spacial score (nSPS) is 22.3. The van der Waals surface area contributed by atoms with Crippen LogP contribution in [-0.4, -0.2) is 65.9 Å². The van der Waals surface area contributed by atoms with Gasteiger partial charge in [0.15, 0.2) is 6.10 Å². The summed E-state index contributed by atoms with van der Waals surface area (Å²) in [6.07, 6.45) is 1.26. The zero-order valence-electron chi connectivity index (χ0n) is 19.7. The number of benzene rings is 2. The van der Waals surface area contributed by atoms with Gasteiger partial charge in [0.1, 0.15) is 12.1 Å². The molecule has 8 heteroatoms. The van der Waals surface area contributed by atoms with Crippen molar-refractivity contribution >= 4 is 18.0 Å². The van der Waals surface area contributed by atoms with Crippen LogP contribution in [0.15, 0.2) is 48.5 Å². The second kappa shape index (κ2) is 9.34. The maximum atomic E-state index is 13.2. The molecule has 1 saturated heterocycles. The first-order chi connectivity index (χ1) is 16.9. The molecule has 1 saturated carbocycles. The van der Waals surface area contributed by atoms with Gasteiger partial charge < -0.3 is 24.8 Å². The molecule has 184 valence electrons. The minimum Gasteiger partial charge on any atom is -0.479 e. The summed E-state index contributed by atoms with van der Waals surface area (Å²) in [6.45, 7) is 0.479. The number of ether oxygens (including phenoxy) is 2. The van der Waals surface area contributed by atoms with Crippen LogP contribution in [-0.2, 0) is 19.1 Å². The first-order valence-electron chi connectivity index (χ1n) is 12.2. The van der Waals surface area contributed by atoms with Gasteiger partial charge in [-0.25, -0.2) is 9.59 Å². The van der Waals surface area contributed by atoms with Crippen LogP contribution in [0, 0.1) is 0 Å². The number of carboxylic acid groups (broad SMARTS) is 1. The van der Waals surface area contributed by atoms with E-state index in [4.69, 9.17) is 9.47 Å². The van der Waals surface area contributed by atoms with Crippen molar-refractivity contribution in [2.24, 2.45) is 0 Å². The lowest BCUT2D eigenvalue weighted by Gasteiger charge is -2.37. The summed E-state index contributed by atoms with van der Waals surface area (Å²) >= 11 is 0. The van der Waals surface area contributed by atoms with Gasteiger partial charge in [-0.3, -0.25) is 4.79 Å². The Labute approximate surface area is 204 Å². The fourth-order valence-electron chi connectivity index (χ4n) is 5.83. The van der Waals surface area contributed by atoms with E-state index in [0.29, 0.717) is 25.9 Å². The average molecular weight is 479 g/mol. The van der Waals surface area contributed by atoms with E-state index in [1.54, 1.807) is 0 Å². The zero-order chi connectivity index (χ0) is 24.6. The predicted molar refractivity (Wildman–Crippen MR) is 128 cm³/mol. The Morgan fingerprint density at radius 3 is 2.26 bits per heavy atom. The summed E-state index contributed by atoms with van der Waals surface area (Å²) in [5.74, 6) is -1.48. The van der Waals surface area contributed by atoms with Crippen molar-refractivity contribution in [2.45, 2.75) is 55.7 Å². The zero-order valence-corrected chi connectivity index (χ0v) is 19.7. The van der Waals surface area contributed by atoms with Crippen LogP contribution in [0.2, 0.25) is 0 Å². The second-order valence-corrected chi connectivity index (χ2v) is 9.60. The molecule has 1 heterocycles. The van der Waals surface area contributed by atoms with Crippen molar-refractivity contribution in [3.05, 3.63) is 59.7 Å². The molecule has 2 aliphatic carbocycles. The summed E-state index contributed by atoms with van der Waals surface area (Å²) in [4.78, 5) is 39.3. The van der Waals surface area contributed by atoms with E-state index in [2.05, 4.69) is 29.6 Å². The van der Waals surface area contributed by atoms with Gasteiger partial charge in [0, 0.05) is 19.6 Å². The molecule has 0 spiro atoms. The summed E-state index contributed by atoms with van der Waals surface area (Å²) in [5, 5.41) is 12.6. The molecule has 1 aliphatic heterocycles. The van der Waals surface area contributed by atoms with Crippen molar-refractivity contribution in [1.29, 1.82) is 0 Å². The van der Waals surface area contributed by atoms with Crippen molar-refractivity contribution in [2.75, 3.05) is 20.3 Å². The largest absolute Gasteiger partial charge is 0.479 e. The number of alkyl carbamates (subject to hydrolysis) is 1. The van der Waals surface area contributed by atoms with Crippen LogP contribution in [0.5, 0.6) is 0 Å². The third-order valence-electron chi connectivity index (χ3n) is 7.78. The van der Waals surface area contributed by atoms with E-state index in [1.165, 1.54) is 11.9 Å². The Morgan fingerprint density at radius 2 is 1.66 bits per heavy atom. The van der Waals surface area contributed by atoms with Crippen LogP contribution < -0.4 is 5.32 Å². The summed E-state index contributed by atoms with van der Waals surface area (Å²) in [5.41, 5.74) is 3.33. The highest BCUT2D eigenvalue weighted by molar-refractivity contribution is 5.90. The number of carboxylic acids is 1. The molecule has 5 rings (SSSR count). The van der Waals surface area contributed by atoms with Gasteiger partial charge in [0.2, 0.25) is 0 Å². The van der Waals surface area contributed by atoms with E-state index >= 15 is 0 Å². The van der Waals surface area contributed by atoms with Crippen molar-refractivity contribution in [3.63, 3.8) is 0 Å². The van der Waals surface area contributed by atoms with Crippen LogP contribution in [0.25, 0.3) is 11.1 Å². The Kier molecular flexibility index (Phi) is 6.23. The number of carbonyl (C=O) groups is 3. The molecule has 8 nitrogen and oxygen atoms in total. The molecule has 2 aromatic rings. The quantitative estimate of drug-likeness (QED) is 0.658. The van der Waals surface area contributed by atoms with Gasteiger partial charge >= 0.3 is 12.1 Å². The number of carbonyl (C=O) groups excluding carboxylic acids is 2. The molecule has 35 heavy (non-hydrogen) atoms. The van der Waals surface area contributed by atoms with Gasteiger partial charge in [0.05, 0.1) is 6.04 Å². The number of nitrogens with zero attached hydrogens (tertiary/aromatic N) is 1. The lowest BCUT2D eigenvalue weighted by atomic mass is 9.94. The Bertz CT molecular complexity index is 1100. The molecule has 2 amide bonds. The summed E-state index contributed by atoms with van der Waals surface area (Å²) < 4.78 is 11.3. The lowest BCUT2D eigenvalue weighted by molar-refractivity contribution is -0.161. The molecular formula is C27H30N2O6. The molecule has 0 unspecified atom stereocenters. The highest BCUT2D eigenvalue weighted by Gasteiger charge is 2.50. The third-order valence-corrected chi connectivity index (χ3v) is 7.78. The van der Waals surface area contributed by atoms with Crippen molar-refractivity contribution in [3.8, 4) is 11.1 Å². The van der Waals surface area contributed by atoms with Crippen molar-refractivity contribution < 1.29 is 29.0 Å². The number of hydrogen-bond donors (Lipinski definition) is 2. The van der Waals surface area contributed by atoms with Crippen LogP contribution >= 0.6 is 0 Å². The Balaban J connectivity index is 1.23. The van der Waals surface area contributed by atoms with Crippen LogP contribution in [0.1, 0.15) is 49.1 Å². The first-order valence-corrected chi connectivity index (χ1v) is 12.2. The molecule has 0 aromatic heterocycles. The Morgan fingerprint density at radius 1 is 1.06 bits per heavy atom. The van der Waals surface area contributed by atoms with E-state index in [1.807, 2.05) is 24.3 Å². The highest BCUT2D eigenvalue weighted by atomic mass is 16.6. The molecule has 2 aromatic carbocycles. The number of rotatable bonds is 6. The molecule has 3 aliphatic rings. The Hall–Kier alpha value is -3.39. The van der Waals surface area contributed by atoms with Gasteiger partial charge in [-0.15, -0.1) is 0 Å². The molecular weight excluding hydrogens is 448 g/mol. The highest BCUT2D eigenvalue weighted by Crippen LogP contribution is 2.44. The topological polar surface area (TPSA) is 105 Å². The number of fused-ring (bicyclic) bond motifs is 3. The number of nitrogens with one attached hydrogen (secondary N) is 1. The predicted octanol–water partition coefficient (Wildman–Crippen LogP) is 3.54. The first kappa shape index (κ1) is 23.4. The van der Waals surface area contributed by atoms with E-state index < -0.39 is 35.7 Å². The lowest BCUT2D eigenvalue weighted by Crippen LogP contribution is -2.58. The maximum absolute atomic E-state index is 13.2. The van der Waals surface area contributed by atoms with E-state index in [-0.39, 0.29) is 12.5 Å². The fraction of sp³-hybridized carbons (Fsp3) is 0.444. The minimum absolute atomic E-state index is 0.0608. The van der Waals surface area contributed by atoms with Gasteiger partial charge in [-0.1, -0.05) is 61.4 Å². The van der Waals surface area contributed by atoms with Gasteiger partial charge in [-0.05, 0) is 41.5 Å². The van der Waals surface area contributed by atoms with Crippen molar-refractivity contribution in [1.82, 2.24) is 10.2 Å². The average Bonchev–Trinajstić information content (AvgIpc) is 3.60. The number of hydrogen-bond acceptors (Lipinski definition) is 5. The van der Waals surface area contributed by atoms with Gasteiger partial charge in [-0.2, -0.15) is 0 Å². The third kappa shape index (κ3) is 4.05. The number of aliphatic carboxylic acids is 1. The molecule has 2 fully saturated rings. The van der Waals surface area contributed by atoms with Gasteiger partial charge in [0.25, 0.3) is 5.91 Å². The van der Waals surface area contributed by atoms with E-state index in [9.17, 15) is 19.5 Å².